The molecule has 2 heteroatoms. The normalized spacial score (nSPS) is 24.1. The first kappa shape index (κ1) is 13.5. The number of aryl methyl sites for hydroxylation is 1. The topological polar surface area (TPSA) is 24.9 Å². The maximum Gasteiger partial charge on any atom is 0.0300 e. The highest BCUT2D eigenvalue weighted by Gasteiger charge is 2.19. The van der Waals surface area contributed by atoms with Crippen molar-refractivity contribution in [3.63, 3.8) is 0 Å². The summed E-state index contributed by atoms with van der Waals surface area (Å²) < 4.78 is 0. The SMILES string of the molecule is CCCC1CCC(NCc2ccncc2C)CC1. The predicted octanol–water partition coefficient (Wildman–Crippen LogP) is 3.84. The number of pyridine rings is 1. The van der Waals surface area contributed by atoms with Gasteiger partial charge in [0, 0.05) is 25.0 Å². The van der Waals surface area contributed by atoms with E-state index >= 15 is 0 Å². The highest BCUT2D eigenvalue weighted by molar-refractivity contribution is 5.21. The molecular formula is C16H26N2. The second-order valence-electron chi connectivity index (χ2n) is 5.69. The van der Waals surface area contributed by atoms with Crippen LogP contribution in [0.15, 0.2) is 18.5 Å². The molecule has 1 fully saturated rings. The van der Waals surface area contributed by atoms with Crippen molar-refractivity contribution in [3.05, 3.63) is 29.6 Å². The van der Waals surface area contributed by atoms with Crippen molar-refractivity contribution in [2.45, 2.75) is 65.0 Å². The number of rotatable bonds is 5. The molecule has 1 N–H and O–H groups in total. The Morgan fingerprint density at radius 2 is 2.06 bits per heavy atom. The van der Waals surface area contributed by atoms with Gasteiger partial charge in [0.25, 0.3) is 0 Å². The van der Waals surface area contributed by atoms with Gasteiger partial charge in [-0.2, -0.15) is 0 Å². The Hall–Kier alpha value is -0.890. The van der Waals surface area contributed by atoms with E-state index in [0.29, 0.717) is 0 Å². The summed E-state index contributed by atoms with van der Waals surface area (Å²) in [5, 5.41) is 3.71. The molecule has 0 unspecified atom stereocenters. The van der Waals surface area contributed by atoms with Gasteiger partial charge in [-0.15, -0.1) is 0 Å². The number of nitrogens with zero attached hydrogens (tertiary/aromatic N) is 1. The maximum atomic E-state index is 4.14. The van der Waals surface area contributed by atoms with Gasteiger partial charge in [-0.05, 0) is 55.7 Å². The van der Waals surface area contributed by atoms with E-state index in [1.165, 1.54) is 49.7 Å². The monoisotopic (exact) mass is 246 g/mol. The number of hydrogen-bond donors (Lipinski definition) is 1. The van der Waals surface area contributed by atoms with E-state index in [2.05, 4.69) is 30.2 Å². The van der Waals surface area contributed by atoms with Gasteiger partial charge in [0.1, 0.15) is 0 Å². The van der Waals surface area contributed by atoms with Crippen molar-refractivity contribution in [1.29, 1.82) is 0 Å². The molecule has 0 aliphatic heterocycles. The molecule has 0 spiro atoms. The molecule has 18 heavy (non-hydrogen) atoms. The summed E-state index contributed by atoms with van der Waals surface area (Å²) >= 11 is 0. The van der Waals surface area contributed by atoms with Crippen LogP contribution in [0.1, 0.15) is 56.6 Å². The molecule has 0 atom stereocenters. The van der Waals surface area contributed by atoms with Gasteiger partial charge < -0.3 is 5.32 Å². The first-order valence-electron chi connectivity index (χ1n) is 7.42. The summed E-state index contributed by atoms with van der Waals surface area (Å²) in [5.74, 6) is 0.996. The van der Waals surface area contributed by atoms with Crippen molar-refractivity contribution < 1.29 is 0 Å². The van der Waals surface area contributed by atoms with Crippen LogP contribution in [0.3, 0.4) is 0 Å². The zero-order chi connectivity index (χ0) is 12.8. The standard InChI is InChI=1S/C16H26N2/c1-3-4-14-5-7-16(8-6-14)18-12-15-9-10-17-11-13(15)2/h9-11,14,16,18H,3-8,12H2,1-2H3. The lowest BCUT2D eigenvalue weighted by atomic mass is 9.83. The number of hydrogen-bond acceptors (Lipinski definition) is 2. The summed E-state index contributed by atoms with van der Waals surface area (Å²) in [6, 6.07) is 2.86. The molecule has 2 rings (SSSR count). The molecule has 1 aromatic heterocycles. The van der Waals surface area contributed by atoms with Crippen LogP contribution in [-0.2, 0) is 6.54 Å². The molecule has 1 heterocycles. The third-order valence-corrected chi connectivity index (χ3v) is 4.26. The maximum absolute atomic E-state index is 4.14. The Morgan fingerprint density at radius 1 is 1.28 bits per heavy atom. The van der Waals surface area contributed by atoms with Crippen LogP contribution in [0.4, 0.5) is 0 Å². The molecule has 0 aromatic carbocycles. The zero-order valence-electron chi connectivity index (χ0n) is 11.8. The van der Waals surface area contributed by atoms with Crippen molar-refractivity contribution in [2.24, 2.45) is 5.92 Å². The fourth-order valence-electron chi connectivity index (χ4n) is 3.02. The first-order chi connectivity index (χ1) is 8.79. The van der Waals surface area contributed by atoms with Gasteiger partial charge in [-0.1, -0.05) is 19.8 Å². The minimum atomic E-state index is 0.727. The summed E-state index contributed by atoms with van der Waals surface area (Å²) in [5.41, 5.74) is 2.69. The lowest BCUT2D eigenvalue weighted by Crippen LogP contribution is -2.32. The highest BCUT2D eigenvalue weighted by Crippen LogP contribution is 2.27. The average molecular weight is 246 g/mol. The number of nitrogens with one attached hydrogen (secondary N) is 1. The van der Waals surface area contributed by atoms with E-state index in [0.717, 1.165) is 18.5 Å². The second kappa shape index (κ2) is 6.89. The quantitative estimate of drug-likeness (QED) is 0.854. The van der Waals surface area contributed by atoms with Crippen molar-refractivity contribution in [1.82, 2.24) is 10.3 Å². The Balaban J connectivity index is 1.74. The van der Waals surface area contributed by atoms with Gasteiger partial charge in [0.2, 0.25) is 0 Å². The van der Waals surface area contributed by atoms with E-state index in [1.807, 2.05) is 12.4 Å². The third kappa shape index (κ3) is 3.81. The smallest absolute Gasteiger partial charge is 0.0300 e. The van der Waals surface area contributed by atoms with Crippen LogP contribution in [0.25, 0.3) is 0 Å². The van der Waals surface area contributed by atoms with Crippen molar-refractivity contribution in [3.8, 4) is 0 Å². The predicted molar refractivity (Wildman–Crippen MR) is 76.5 cm³/mol. The Labute approximate surface area is 111 Å². The summed E-state index contributed by atoms with van der Waals surface area (Å²) in [7, 11) is 0. The first-order valence-corrected chi connectivity index (χ1v) is 7.42. The van der Waals surface area contributed by atoms with Gasteiger partial charge in [0.05, 0.1) is 0 Å². The van der Waals surface area contributed by atoms with E-state index in [9.17, 15) is 0 Å². The van der Waals surface area contributed by atoms with Crippen LogP contribution in [-0.4, -0.2) is 11.0 Å². The largest absolute Gasteiger partial charge is 0.310 e. The van der Waals surface area contributed by atoms with Gasteiger partial charge in [-0.25, -0.2) is 0 Å². The summed E-state index contributed by atoms with van der Waals surface area (Å²) in [4.78, 5) is 4.14. The molecule has 100 valence electrons. The Bertz CT molecular complexity index is 354. The molecule has 0 bridgehead atoms. The van der Waals surface area contributed by atoms with Gasteiger partial charge >= 0.3 is 0 Å². The summed E-state index contributed by atoms with van der Waals surface area (Å²) in [6.07, 6.45) is 12.2. The van der Waals surface area contributed by atoms with E-state index in [-0.39, 0.29) is 0 Å². The molecule has 0 radical (unpaired) electrons. The molecule has 2 nitrogen and oxygen atoms in total. The van der Waals surface area contributed by atoms with Crippen LogP contribution in [0.2, 0.25) is 0 Å². The van der Waals surface area contributed by atoms with E-state index in [4.69, 9.17) is 0 Å². The van der Waals surface area contributed by atoms with Gasteiger partial charge in [-0.3, -0.25) is 4.98 Å². The van der Waals surface area contributed by atoms with E-state index < -0.39 is 0 Å². The minimum Gasteiger partial charge on any atom is -0.310 e. The van der Waals surface area contributed by atoms with Gasteiger partial charge in [0.15, 0.2) is 0 Å². The van der Waals surface area contributed by atoms with E-state index in [1.54, 1.807) is 0 Å². The second-order valence-corrected chi connectivity index (χ2v) is 5.69. The Kier molecular flexibility index (Phi) is 5.18. The van der Waals surface area contributed by atoms with Crippen LogP contribution < -0.4 is 5.32 Å². The van der Waals surface area contributed by atoms with Crippen LogP contribution in [0.5, 0.6) is 0 Å². The lowest BCUT2D eigenvalue weighted by molar-refractivity contribution is 0.277. The van der Waals surface area contributed by atoms with Crippen LogP contribution in [0, 0.1) is 12.8 Å². The average Bonchev–Trinajstić information content (AvgIpc) is 2.40. The summed E-state index contributed by atoms with van der Waals surface area (Å²) in [6.45, 7) is 5.44. The molecule has 1 aromatic rings. The fraction of sp³-hybridized carbons (Fsp3) is 0.688. The molecule has 1 saturated carbocycles. The number of aromatic nitrogens is 1. The molecule has 1 aliphatic rings. The highest BCUT2D eigenvalue weighted by atomic mass is 14.9. The van der Waals surface area contributed by atoms with Crippen molar-refractivity contribution >= 4 is 0 Å². The fourth-order valence-corrected chi connectivity index (χ4v) is 3.02. The van der Waals surface area contributed by atoms with Crippen molar-refractivity contribution in [2.75, 3.05) is 0 Å². The lowest BCUT2D eigenvalue weighted by Gasteiger charge is -2.29. The molecular weight excluding hydrogens is 220 g/mol. The van der Waals surface area contributed by atoms with Crippen LogP contribution >= 0.6 is 0 Å². The Morgan fingerprint density at radius 3 is 2.72 bits per heavy atom. The molecule has 1 aliphatic carbocycles. The zero-order valence-corrected chi connectivity index (χ0v) is 11.8. The molecule has 0 saturated heterocycles. The molecule has 0 amide bonds. The third-order valence-electron chi connectivity index (χ3n) is 4.26. The minimum absolute atomic E-state index is 0.727.